The van der Waals surface area contributed by atoms with E-state index in [1.165, 1.54) is 0 Å². The molecule has 0 aromatic carbocycles. The highest BCUT2D eigenvalue weighted by molar-refractivity contribution is 5.78. The second-order valence-electron chi connectivity index (χ2n) is 7.55. The summed E-state index contributed by atoms with van der Waals surface area (Å²) in [5.41, 5.74) is -0.732. The van der Waals surface area contributed by atoms with Gasteiger partial charge in [-0.25, -0.2) is 0 Å². The molecule has 4 heterocycles. The first kappa shape index (κ1) is 16.8. The third-order valence-corrected chi connectivity index (χ3v) is 5.97. The minimum absolute atomic E-state index is 0.0981. The van der Waals surface area contributed by atoms with E-state index in [2.05, 4.69) is 22.0 Å². The predicted molar refractivity (Wildman–Crippen MR) is 89.5 cm³/mol. The van der Waals surface area contributed by atoms with Gasteiger partial charge in [0.1, 0.15) is 5.41 Å². The molecule has 0 amide bonds. The predicted octanol–water partition coefficient (Wildman–Crippen LogP) is 1.02. The number of aromatic nitrogens is 2. The van der Waals surface area contributed by atoms with Gasteiger partial charge in [-0.3, -0.25) is 9.69 Å². The first-order valence-corrected chi connectivity index (χ1v) is 9.25. The fourth-order valence-electron chi connectivity index (χ4n) is 4.58. The van der Waals surface area contributed by atoms with E-state index in [-0.39, 0.29) is 5.92 Å². The summed E-state index contributed by atoms with van der Waals surface area (Å²) in [5.74, 6) is 0.562. The Morgan fingerprint density at radius 1 is 1.32 bits per heavy atom. The molecule has 3 saturated heterocycles. The highest BCUT2D eigenvalue weighted by Gasteiger charge is 2.59. The van der Waals surface area contributed by atoms with Crippen molar-refractivity contribution in [3.8, 4) is 0 Å². The molecule has 8 nitrogen and oxygen atoms in total. The Morgan fingerprint density at radius 3 is 2.80 bits per heavy atom. The van der Waals surface area contributed by atoms with Gasteiger partial charge < -0.3 is 19.3 Å². The van der Waals surface area contributed by atoms with Crippen molar-refractivity contribution in [3.05, 3.63) is 5.89 Å². The van der Waals surface area contributed by atoms with Gasteiger partial charge >= 0.3 is 5.97 Å². The average Bonchev–Trinajstić information content (AvgIpc) is 3.28. The van der Waals surface area contributed by atoms with Gasteiger partial charge in [-0.05, 0) is 24.4 Å². The van der Waals surface area contributed by atoms with E-state index in [1.807, 2.05) is 4.90 Å². The molecule has 25 heavy (non-hydrogen) atoms. The van der Waals surface area contributed by atoms with Crippen LogP contribution in [0.1, 0.15) is 32.1 Å². The Balaban J connectivity index is 1.49. The van der Waals surface area contributed by atoms with Gasteiger partial charge in [0.15, 0.2) is 0 Å². The van der Waals surface area contributed by atoms with Crippen LogP contribution >= 0.6 is 0 Å². The smallest absolute Gasteiger partial charge is 0.313 e. The number of rotatable bonds is 5. The molecule has 4 rings (SSSR count). The van der Waals surface area contributed by atoms with Crippen LogP contribution in [0.3, 0.4) is 0 Å². The van der Waals surface area contributed by atoms with E-state index in [4.69, 9.17) is 9.26 Å². The van der Waals surface area contributed by atoms with Gasteiger partial charge in [-0.1, -0.05) is 6.92 Å². The summed E-state index contributed by atoms with van der Waals surface area (Å²) in [6.07, 6.45) is 3.70. The molecule has 3 aliphatic rings. The molecule has 3 aliphatic heterocycles. The molecule has 1 aromatic rings. The Labute approximate surface area is 147 Å². The van der Waals surface area contributed by atoms with Crippen LogP contribution < -0.4 is 4.90 Å². The SMILES string of the molecule is CCCc1nc(N2C[C@H]3CN(C4CCOCC4)C[C@@]3(C(=O)O)C2)no1. The van der Waals surface area contributed by atoms with E-state index < -0.39 is 11.4 Å². The number of carboxylic acids is 1. The number of hydrogen-bond donors (Lipinski definition) is 1. The monoisotopic (exact) mass is 350 g/mol. The van der Waals surface area contributed by atoms with Crippen LogP contribution in [-0.2, 0) is 16.0 Å². The van der Waals surface area contributed by atoms with Gasteiger partial charge in [-0.15, -0.1) is 0 Å². The molecular formula is C17H26N4O4. The highest BCUT2D eigenvalue weighted by Crippen LogP contribution is 2.45. The molecule has 0 bridgehead atoms. The van der Waals surface area contributed by atoms with Crippen molar-refractivity contribution < 1.29 is 19.2 Å². The van der Waals surface area contributed by atoms with Gasteiger partial charge in [0.25, 0.3) is 5.95 Å². The van der Waals surface area contributed by atoms with Crippen molar-refractivity contribution >= 4 is 11.9 Å². The van der Waals surface area contributed by atoms with Crippen molar-refractivity contribution in [3.63, 3.8) is 0 Å². The zero-order chi connectivity index (χ0) is 17.4. The van der Waals surface area contributed by atoms with Crippen molar-refractivity contribution in [2.24, 2.45) is 11.3 Å². The summed E-state index contributed by atoms with van der Waals surface area (Å²) in [7, 11) is 0. The molecule has 0 saturated carbocycles. The lowest BCUT2D eigenvalue weighted by molar-refractivity contribution is -0.148. The molecule has 8 heteroatoms. The number of nitrogens with zero attached hydrogens (tertiary/aromatic N) is 4. The number of hydrogen-bond acceptors (Lipinski definition) is 7. The maximum absolute atomic E-state index is 12.2. The van der Waals surface area contributed by atoms with Gasteiger partial charge in [0.2, 0.25) is 5.89 Å². The van der Waals surface area contributed by atoms with Crippen LogP contribution in [0, 0.1) is 11.3 Å². The lowest BCUT2D eigenvalue weighted by Gasteiger charge is -2.33. The lowest BCUT2D eigenvalue weighted by atomic mass is 9.81. The zero-order valence-electron chi connectivity index (χ0n) is 14.7. The van der Waals surface area contributed by atoms with Crippen LogP contribution in [0.15, 0.2) is 4.52 Å². The quantitative estimate of drug-likeness (QED) is 0.842. The summed E-state index contributed by atoms with van der Waals surface area (Å²) in [5, 5.41) is 14.1. The zero-order valence-corrected chi connectivity index (χ0v) is 14.7. The molecule has 2 atom stereocenters. The molecule has 3 fully saturated rings. The minimum Gasteiger partial charge on any atom is -0.481 e. The van der Waals surface area contributed by atoms with Crippen LogP contribution in [0.25, 0.3) is 0 Å². The molecule has 1 aromatic heterocycles. The molecule has 1 N–H and O–H groups in total. The van der Waals surface area contributed by atoms with Crippen molar-refractivity contribution in [2.45, 2.75) is 38.6 Å². The van der Waals surface area contributed by atoms with E-state index in [1.54, 1.807) is 0 Å². The topological polar surface area (TPSA) is 91.9 Å². The number of anilines is 1. The minimum atomic E-state index is -0.732. The van der Waals surface area contributed by atoms with Crippen molar-refractivity contribution in [2.75, 3.05) is 44.3 Å². The van der Waals surface area contributed by atoms with Crippen LogP contribution in [-0.4, -0.2) is 71.6 Å². The Bertz CT molecular complexity index is 630. The molecule has 0 unspecified atom stereocenters. The van der Waals surface area contributed by atoms with Crippen LogP contribution in [0.5, 0.6) is 0 Å². The highest BCUT2D eigenvalue weighted by atomic mass is 16.5. The van der Waals surface area contributed by atoms with Crippen molar-refractivity contribution in [1.82, 2.24) is 15.0 Å². The third kappa shape index (κ3) is 2.91. The lowest BCUT2D eigenvalue weighted by Crippen LogP contribution is -2.44. The van der Waals surface area contributed by atoms with E-state index >= 15 is 0 Å². The van der Waals surface area contributed by atoms with Gasteiger partial charge in [0.05, 0.1) is 0 Å². The molecule has 0 aliphatic carbocycles. The standard InChI is InChI=1S/C17H26N4O4/c1-2-3-14-18-16(19-25-14)21-9-12-8-20(13-4-6-24-7-5-13)10-17(12,11-21)15(22)23/h12-13H,2-11H2,1H3,(H,22,23)/t12-,17-/m1/s1. The van der Waals surface area contributed by atoms with Gasteiger partial charge in [0, 0.05) is 57.8 Å². The fraction of sp³-hybridized carbons (Fsp3) is 0.824. The van der Waals surface area contributed by atoms with E-state index in [0.717, 1.165) is 45.4 Å². The summed E-state index contributed by atoms with van der Waals surface area (Å²) in [6, 6.07) is 0.449. The Hall–Kier alpha value is -1.67. The summed E-state index contributed by atoms with van der Waals surface area (Å²) in [4.78, 5) is 21.0. The second kappa shape index (κ2) is 6.57. The van der Waals surface area contributed by atoms with Gasteiger partial charge in [-0.2, -0.15) is 4.98 Å². The maximum Gasteiger partial charge on any atom is 0.313 e. The number of likely N-dealkylation sites (tertiary alicyclic amines) is 1. The number of carbonyl (C=O) groups is 1. The van der Waals surface area contributed by atoms with Crippen molar-refractivity contribution in [1.29, 1.82) is 0 Å². The Kier molecular flexibility index (Phi) is 4.41. The van der Waals surface area contributed by atoms with Crippen LogP contribution in [0.4, 0.5) is 5.95 Å². The molecule has 0 radical (unpaired) electrons. The summed E-state index contributed by atoms with van der Waals surface area (Å²) >= 11 is 0. The summed E-state index contributed by atoms with van der Waals surface area (Å²) < 4.78 is 10.7. The average molecular weight is 350 g/mol. The first-order chi connectivity index (χ1) is 12.1. The number of aliphatic carboxylic acids is 1. The van der Waals surface area contributed by atoms with Crippen LogP contribution in [0.2, 0.25) is 0 Å². The fourth-order valence-corrected chi connectivity index (χ4v) is 4.58. The summed E-state index contributed by atoms with van der Waals surface area (Å²) in [6.45, 7) is 6.19. The third-order valence-electron chi connectivity index (χ3n) is 5.97. The largest absolute Gasteiger partial charge is 0.481 e. The number of fused-ring (bicyclic) bond motifs is 1. The first-order valence-electron chi connectivity index (χ1n) is 9.25. The number of ether oxygens (including phenoxy) is 1. The molecular weight excluding hydrogens is 324 g/mol. The van der Waals surface area contributed by atoms with E-state index in [0.29, 0.717) is 37.5 Å². The second-order valence-corrected chi connectivity index (χ2v) is 7.55. The molecule has 138 valence electrons. The number of aryl methyl sites for hydroxylation is 1. The van der Waals surface area contributed by atoms with E-state index in [9.17, 15) is 9.90 Å². The maximum atomic E-state index is 12.2. The Morgan fingerprint density at radius 2 is 2.12 bits per heavy atom. The molecule has 0 spiro atoms. The normalized spacial score (nSPS) is 30.8. The number of carboxylic acid groups (broad SMARTS) is 1.